The molecule has 19 heavy (non-hydrogen) atoms. The van der Waals surface area contributed by atoms with Gasteiger partial charge < -0.3 is 0 Å². The Morgan fingerprint density at radius 2 is 2.00 bits per heavy atom. The highest BCUT2D eigenvalue weighted by atomic mass is 19.3. The summed E-state index contributed by atoms with van der Waals surface area (Å²) in [7, 11) is 0. The highest BCUT2D eigenvalue weighted by Crippen LogP contribution is 2.38. The summed E-state index contributed by atoms with van der Waals surface area (Å²) in [5, 5.41) is 0. The van der Waals surface area contributed by atoms with E-state index in [4.69, 9.17) is 0 Å². The number of carbonyl (C=O) groups excluding carboxylic acids is 1. The molecule has 1 atom stereocenters. The number of alkyl halides is 2. The molecule has 0 saturated heterocycles. The Hall–Kier alpha value is -1.25. The highest BCUT2D eigenvalue weighted by Gasteiger charge is 2.36. The van der Waals surface area contributed by atoms with Crippen molar-refractivity contribution in [3.05, 3.63) is 35.9 Å². The van der Waals surface area contributed by atoms with Crippen LogP contribution in [0.2, 0.25) is 0 Å². The summed E-state index contributed by atoms with van der Waals surface area (Å²) in [6.45, 7) is 0. The van der Waals surface area contributed by atoms with Crippen LogP contribution in [0, 0.1) is 5.92 Å². The van der Waals surface area contributed by atoms with Gasteiger partial charge in [-0.25, -0.2) is 8.78 Å². The molecule has 1 aromatic carbocycles. The van der Waals surface area contributed by atoms with Crippen molar-refractivity contribution >= 4 is 5.78 Å². The second kappa shape index (κ2) is 6.27. The summed E-state index contributed by atoms with van der Waals surface area (Å²) in [5.74, 6) is -2.55. The van der Waals surface area contributed by atoms with Gasteiger partial charge in [-0.1, -0.05) is 30.3 Å². The predicted octanol–water partition coefficient (Wildman–Crippen LogP) is 4.40. The molecule has 0 amide bonds. The highest BCUT2D eigenvalue weighted by molar-refractivity contribution is 5.78. The van der Waals surface area contributed by atoms with Gasteiger partial charge in [-0.3, -0.25) is 4.79 Å². The molecule has 1 nitrogen and oxygen atoms in total. The molecular formula is C16H20F2O. The summed E-state index contributed by atoms with van der Waals surface area (Å²) in [6.07, 6.45) is 2.69. The first-order valence-corrected chi connectivity index (χ1v) is 6.99. The molecule has 1 aliphatic carbocycles. The monoisotopic (exact) mass is 266 g/mol. The molecule has 1 aromatic rings. The van der Waals surface area contributed by atoms with Crippen molar-refractivity contribution in [2.24, 2.45) is 5.92 Å². The molecule has 1 unspecified atom stereocenters. The first kappa shape index (κ1) is 14.2. The second-order valence-electron chi connectivity index (χ2n) is 5.55. The Bertz CT molecular complexity index is 414. The van der Waals surface area contributed by atoms with Crippen LogP contribution in [0.4, 0.5) is 8.78 Å². The molecule has 0 aliphatic heterocycles. The lowest BCUT2D eigenvalue weighted by molar-refractivity contribution is -0.121. The van der Waals surface area contributed by atoms with Crippen LogP contribution in [0.15, 0.2) is 30.3 Å². The fraction of sp³-hybridized carbons (Fsp3) is 0.562. The number of carbonyl (C=O) groups is 1. The Morgan fingerprint density at radius 1 is 1.26 bits per heavy atom. The lowest BCUT2D eigenvalue weighted by Gasteiger charge is -2.28. The number of ketones is 1. The summed E-state index contributed by atoms with van der Waals surface area (Å²) < 4.78 is 26.5. The van der Waals surface area contributed by atoms with Crippen molar-refractivity contribution in [2.45, 2.75) is 50.9 Å². The first-order chi connectivity index (χ1) is 9.05. The zero-order valence-electron chi connectivity index (χ0n) is 11.1. The molecule has 0 radical (unpaired) electrons. The largest absolute Gasteiger partial charge is 0.300 e. The molecule has 1 saturated carbocycles. The third kappa shape index (κ3) is 4.73. The minimum atomic E-state index is -2.55. The third-order valence-electron chi connectivity index (χ3n) is 3.79. The maximum Gasteiger partial charge on any atom is 0.248 e. The quantitative estimate of drug-likeness (QED) is 0.771. The van der Waals surface area contributed by atoms with Gasteiger partial charge in [-0.15, -0.1) is 0 Å². The Morgan fingerprint density at radius 3 is 2.68 bits per heavy atom. The van der Waals surface area contributed by atoms with Gasteiger partial charge in [0.25, 0.3) is 0 Å². The molecule has 2 rings (SSSR count). The van der Waals surface area contributed by atoms with Gasteiger partial charge in [0.2, 0.25) is 5.92 Å². The van der Waals surface area contributed by atoms with Gasteiger partial charge in [0, 0.05) is 25.7 Å². The van der Waals surface area contributed by atoms with E-state index in [1.54, 1.807) is 0 Å². The molecule has 104 valence electrons. The number of Topliss-reactive ketones (excluding diaryl/α,β-unsaturated/α-hetero) is 1. The van der Waals surface area contributed by atoms with E-state index >= 15 is 0 Å². The van der Waals surface area contributed by atoms with Gasteiger partial charge in [0.05, 0.1) is 0 Å². The average molecular weight is 266 g/mol. The minimum Gasteiger partial charge on any atom is -0.300 e. The van der Waals surface area contributed by atoms with Crippen molar-refractivity contribution in [2.75, 3.05) is 0 Å². The van der Waals surface area contributed by atoms with E-state index < -0.39 is 5.92 Å². The number of rotatable bonds is 5. The van der Waals surface area contributed by atoms with Crippen LogP contribution in [0.1, 0.15) is 44.1 Å². The maximum absolute atomic E-state index is 13.2. The molecule has 1 fully saturated rings. The molecular weight excluding hydrogens is 246 g/mol. The molecule has 0 bridgehead atoms. The van der Waals surface area contributed by atoms with Gasteiger partial charge in [0.15, 0.2) is 0 Å². The molecule has 0 spiro atoms. The number of benzene rings is 1. The van der Waals surface area contributed by atoms with Gasteiger partial charge in [0.1, 0.15) is 5.78 Å². The first-order valence-electron chi connectivity index (χ1n) is 6.99. The van der Waals surface area contributed by atoms with E-state index in [-0.39, 0.29) is 24.5 Å². The normalized spacial score (nSPS) is 22.1. The van der Waals surface area contributed by atoms with Crippen LogP contribution in [0.5, 0.6) is 0 Å². The summed E-state index contributed by atoms with van der Waals surface area (Å²) in [5.41, 5.74) is 1.13. The van der Waals surface area contributed by atoms with Crippen LogP contribution in [-0.4, -0.2) is 11.7 Å². The molecule has 0 heterocycles. The standard InChI is InChI=1S/C16H20F2O/c17-16(18)10-4-7-14(12-16)11-15(19)9-8-13-5-2-1-3-6-13/h1-3,5-6,14H,4,7-12H2. The Balaban J connectivity index is 1.75. The fourth-order valence-electron chi connectivity index (χ4n) is 2.80. The van der Waals surface area contributed by atoms with E-state index in [1.165, 1.54) is 0 Å². The van der Waals surface area contributed by atoms with Gasteiger partial charge >= 0.3 is 0 Å². The van der Waals surface area contributed by atoms with E-state index in [0.717, 1.165) is 12.0 Å². The molecule has 1 aliphatic rings. The third-order valence-corrected chi connectivity index (χ3v) is 3.79. The number of halogens is 2. The van der Waals surface area contributed by atoms with Crippen LogP contribution in [0.3, 0.4) is 0 Å². The number of hydrogen-bond acceptors (Lipinski definition) is 1. The van der Waals surface area contributed by atoms with Crippen LogP contribution in [-0.2, 0) is 11.2 Å². The SMILES string of the molecule is O=C(CCc1ccccc1)CC1CCCC(F)(F)C1. The van der Waals surface area contributed by atoms with Crippen LogP contribution < -0.4 is 0 Å². The predicted molar refractivity (Wildman–Crippen MR) is 71.3 cm³/mol. The molecule has 3 heteroatoms. The minimum absolute atomic E-state index is 0.0122. The van der Waals surface area contributed by atoms with Crippen LogP contribution >= 0.6 is 0 Å². The van der Waals surface area contributed by atoms with Crippen molar-refractivity contribution in [3.8, 4) is 0 Å². The number of aryl methyl sites for hydroxylation is 1. The summed E-state index contributed by atoms with van der Waals surface area (Å²) >= 11 is 0. The lowest BCUT2D eigenvalue weighted by atomic mass is 9.83. The van der Waals surface area contributed by atoms with Crippen molar-refractivity contribution in [1.29, 1.82) is 0 Å². The zero-order chi connectivity index (χ0) is 13.7. The summed E-state index contributed by atoms with van der Waals surface area (Å²) in [4.78, 5) is 11.9. The van der Waals surface area contributed by atoms with E-state index in [0.29, 0.717) is 25.7 Å². The maximum atomic E-state index is 13.2. The van der Waals surface area contributed by atoms with Crippen molar-refractivity contribution < 1.29 is 13.6 Å². The molecule has 0 aromatic heterocycles. The van der Waals surface area contributed by atoms with Crippen LogP contribution in [0.25, 0.3) is 0 Å². The summed E-state index contributed by atoms with van der Waals surface area (Å²) in [6, 6.07) is 9.81. The Kier molecular flexibility index (Phi) is 4.67. The topological polar surface area (TPSA) is 17.1 Å². The van der Waals surface area contributed by atoms with Gasteiger partial charge in [-0.05, 0) is 30.7 Å². The fourth-order valence-corrected chi connectivity index (χ4v) is 2.80. The number of hydrogen-bond donors (Lipinski definition) is 0. The second-order valence-corrected chi connectivity index (χ2v) is 5.55. The van der Waals surface area contributed by atoms with Crippen molar-refractivity contribution in [3.63, 3.8) is 0 Å². The van der Waals surface area contributed by atoms with Gasteiger partial charge in [-0.2, -0.15) is 0 Å². The Labute approximate surface area is 113 Å². The van der Waals surface area contributed by atoms with E-state index in [2.05, 4.69) is 0 Å². The lowest BCUT2D eigenvalue weighted by Crippen LogP contribution is -2.27. The molecule has 0 N–H and O–H groups in total. The zero-order valence-corrected chi connectivity index (χ0v) is 11.1. The smallest absolute Gasteiger partial charge is 0.248 e. The van der Waals surface area contributed by atoms with Crippen molar-refractivity contribution in [1.82, 2.24) is 0 Å². The van der Waals surface area contributed by atoms with E-state index in [9.17, 15) is 13.6 Å². The average Bonchev–Trinajstić information content (AvgIpc) is 2.36. The van der Waals surface area contributed by atoms with E-state index in [1.807, 2.05) is 30.3 Å².